The molecule has 154 valence electrons. The molecule has 8 nitrogen and oxygen atoms in total. The Bertz CT molecular complexity index is 966. The molecule has 0 unspecified atom stereocenters. The quantitative estimate of drug-likeness (QED) is 0.665. The summed E-state index contributed by atoms with van der Waals surface area (Å²) in [5, 5.41) is 4.22. The molecule has 0 fully saturated rings. The van der Waals surface area contributed by atoms with E-state index in [9.17, 15) is 13.2 Å². The Morgan fingerprint density at radius 2 is 1.82 bits per heavy atom. The van der Waals surface area contributed by atoms with Crippen LogP contribution in [-0.4, -0.2) is 44.6 Å². The lowest BCUT2D eigenvalue weighted by molar-refractivity contribution is -0.117. The van der Waals surface area contributed by atoms with Crippen LogP contribution in [0.3, 0.4) is 0 Å². The van der Waals surface area contributed by atoms with Gasteiger partial charge in [0.25, 0.3) is 0 Å². The number of anilines is 1. The molecular weight excluding hydrogens is 382 g/mol. The fraction of sp³-hybridized carbons (Fsp3) is 0.474. The molecule has 0 atom stereocenters. The van der Waals surface area contributed by atoms with Crippen LogP contribution < -0.4 is 13.8 Å². The summed E-state index contributed by atoms with van der Waals surface area (Å²) in [7, 11) is 1.08. The molecule has 0 spiro atoms. The molecule has 9 heteroatoms. The molecule has 1 aromatic carbocycles. The van der Waals surface area contributed by atoms with Crippen LogP contribution in [0.2, 0.25) is 0 Å². The molecule has 0 N–H and O–H groups in total. The maximum Gasteiger partial charge on any atom is 0.240 e. The summed E-state index contributed by atoms with van der Waals surface area (Å²) in [6.45, 7) is 3.43. The van der Waals surface area contributed by atoms with E-state index in [1.54, 1.807) is 45.9 Å². The van der Waals surface area contributed by atoms with Crippen molar-refractivity contribution in [3.63, 3.8) is 0 Å². The second kappa shape index (κ2) is 8.64. The van der Waals surface area contributed by atoms with Crippen molar-refractivity contribution in [3.8, 4) is 11.5 Å². The third kappa shape index (κ3) is 4.64. The van der Waals surface area contributed by atoms with Crippen LogP contribution >= 0.6 is 0 Å². The standard InChI is InChI=1S/C19H27N3O5S/c1-13-19(14(2)21(3)20-13)22(28(6,24)25)18(23)9-7-8-15-10-11-16(26-4)17(12-15)27-5/h10-12H,7-9H2,1-6H3. The number of carbonyl (C=O) groups excluding carboxylic acids is 1. The topological polar surface area (TPSA) is 90.7 Å². The first-order valence-electron chi connectivity index (χ1n) is 8.84. The van der Waals surface area contributed by atoms with Gasteiger partial charge in [0.15, 0.2) is 11.5 Å². The van der Waals surface area contributed by atoms with E-state index < -0.39 is 15.9 Å². The van der Waals surface area contributed by atoms with Crippen molar-refractivity contribution in [3.05, 3.63) is 35.2 Å². The van der Waals surface area contributed by atoms with Gasteiger partial charge in [-0.05, 0) is 44.4 Å². The molecule has 1 aromatic heterocycles. The zero-order chi connectivity index (χ0) is 21.1. The number of aryl methyl sites for hydroxylation is 3. The highest BCUT2D eigenvalue weighted by Gasteiger charge is 2.30. The number of carbonyl (C=O) groups is 1. The molecule has 2 aromatic rings. The minimum absolute atomic E-state index is 0.0924. The number of methoxy groups -OCH3 is 2. The van der Waals surface area contributed by atoms with Crippen LogP contribution in [0.1, 0.15) is 29.8 Å². The third-order valence-corrected chi connectivity index (χ3v) is 5.59. The van der Waals surface area contributed by atoms with E-state index in [-0.39, 0.29) is 6.42 Å². The molecule has 0 aliphatic heterocycles. The van der Waals surface area contributed by atoms with Crippen molar-refractivity contribution in [1.82, 2.24) is 9.78 Å². The first-order chi connectivity index (χ1) is 13.1. The van der Waals surface area contributed by atoms with Gasteiger partial charge in [-0.15, -0.1) is 0 Å². The van der Waals surface area contributed by atoms with Gasteiger partial charge in [0, 0.05) is 13.5 Å². The first kappa shape index (κ1) is 21.7. The Hall–Kier alpha value is -2.55. The van der Waals surface area contributed by atoms with Gasteiger partial charge in [0.2, 0.25) is 15.9 Å². The SMILES string of the molecule is COc1ccc(CCCC(=O)N(c2c(C)nn(C)c2C)S(C)(=O)=O)cc1OC. The minimum atomic E-state index is -3.77. The lowest BCUT2D eigenvalue weighted by atomic mass is 10.1. The van der Waals surface area contributed by atoms with Crippen molar-refractivity contribution in [1.29, 1.82) is 0 Å². The number of hydrogen-bond donors (Lipinski definition) is 0. The van der Waals surface area contributed by atoms with Crippen LogP contribution in [0.4, 0.5) is 5.69 Å². The normalized spacial score (nSPS) is 11.4. The molecule has 28 heavy (non-hydrogen) atoms. The molecular formula is C19H27N3O5S. The number of nitrogens with zero attached hydrogens (tertiary/aromatic N) is 3. The number of rotatable bonds is 8. The second-order valence-corrected chi connectivity index (χ2v) is 8.44. The molecule has 1 amide bonds. The van der Waals surface area contributed by atoms with Crippen molar-refractivity contribution in [2.75, 3.05) is 24.8 Å². The molecule has 0 saturated carbocycles. The lowest BCUT2D eigenvalue weighted by Crippen LogP contribution is -2.36. The van der Waals surface area contributed by atoms with Gasteiger partial charge in [-0.25, -0.2) is 12.7 Å². The maximum atomic E-state index is 12.8. The van der Waals surface area contributed by atoms with E-state index in [4.69, 9.17) is 9.47 Å². The van der Waals surface area contributed by atoms with E-state index in [0.29, 0.717) is 41.4 Å². The van der Waals surface area contributed by atoms with E-state index >= 15 is 0 Å². The van der Waals surface area contributed by atoms with Crippen molar-refractivity contribution >= 4 is 21.6 Å². The number of sulfonamides is 1. The van der Waals surface area contributed by atoms with Crippen LogP contribution in [0.15, 0.2) is 18.2 Å². The second-order valence-electron chi connectivity index (χ2n) is 6.61. The van der Waals surface area contributed by atoms with E-state index in [1.807, 2.05) is 12.1 Å². The number of hydrogen-bond acceptors (Lipinski definition) is 6. The average Bonchev–Trinajstić information content (AvgIpc) is 2.87. The molecule has 0 saturated heterocycles. The first-order valence-corrected chi connectivity index (χ1v) is 10.7. The van der Waals surface area contributed by atoms with E-state index in [2.05, 4.69) is 5.10 Å². The summed E-state index contributed by atoms with van der Waals surface area (Å²) >= 11 is 0. The van der Waals surface area contributed by atoms with Crippen molar-refractivity contribution in [2.45, 2.75) is 33.1 Å². The molecule has 0 aliphatic rings. The Labute approximate surface area is 166 Å². The number of amides is 1. The zero-order valence-electron chi connectivity index (χ0n) is 17.1. The number of benzene rings is 1. The van der Waals surface area contributed by atoms with Gasteiger partial charge < -0.3 is 9.47 Å². The van der Waals surface area contributed by atoms with Crippen LogP contribution in [0.25, 0.3) is 0 Å². The minimum Gasteiger partial charge on any atom is -0.493 e. The van der Waals surface area contributed by atoms with Crippen molar-refractivity contribution < 1.29 is 22.7 Å². The predicted octanol–water partition coefficient (Wildman–Crippen LogP) is 2.37. The Morgan fingerprint density at radius 1 is 1.18 bits per heavy atom. The Balaban J connectivity index is 2.15. The summed E-state index contributed by atoms with van der Waals surface area (Å²) < 4.78 is 37.6. The smallest absolute Gasteiger partial charge is 0.240 e. The predicted molar refractivity (Wildman–Crippen MR) is 107 cm³/mol. The molecule has 0 aliphatic carbocycles. The summed E-state index contributed by atoms with van der Waals surface area (Å²) in [6, 6.07) is 5.56. The summed E-state index contributed by atoms with van der Waals surface area (Å²) in [5.74, 6) is 0.779. The largest absolute Gasteiger partial charge is 0.493 e. The zero-order valence-corrected chi connectivity index (χ0v) is 18.0. The highest BCUT2D eigenvalue weighted by atomic mass is 32.2. The van der Waals surface area contributed by atoms with E-state index in [0.717, 1.165) is 16.1 Å². The van der Waals surface area contributed by atoms with Gasteiger partial charge in [-0.1, -0.05) is 6.07 Å². The molecule has 1 heterocycles. The fourth-order valence-corrected chi connectivity index (χ4v) is 4.17. The van der Waals surface area contributed by atoms with Gasteiger partial charge in [-0.3, -0.25) is 9.48 Å². The summed E-state index contributed by atoms with van der Waals surface area (Å²) in [4.78, 5) is 12.8. The Kier molecular flexibility index (Phi) is 6.71. The maximum absolute atomic E-state index is 12.8. The monoisotopic (exact) mass is 409 g/mol. The highest BCUT2D eigenvalue weighted by molar-refractivity contribution is 7.92. The number of ether oxygens (including phenoxy) is 2. The summed E-state index contributed by atoms with van der Waals surface area (Å²) in [5.41, 5.74) is 2.43. The van der Waals surface area contributed by atoms with Crippen LogP contribution in [0.5, 0.6) is 11.5 Å². The number of aromatic nitrogens is 2. The average molecular weight is 410 g/mol. The molecule has 0 radical (unpaired) electrons. The summed E-state index contributed by atoms with van der Waals surface area (Å²) in [6.07, 6.45) is 2.23. The van der Waals surface area contributed by atoms with E-state index in [1.165, 1.54) is 0 Å². The lowest BCUT2D eigenvalue weighted by Gasteiger charge is -2.21. The Morgan fingerprint density at radius 3 is 2.32 bits per heavy atom. The molecule has 2 rings (SSSR count). The van der Waals surface area contributed by atoms with Gasteiger partial charge in [0.1, 0.15) is 5.69 Å². The molecule has 0 bridgehead atoms. The van der Waals surface area contributed by atoms with Gasteiger partial charge in [-0.2, -0.15) is 5.10 Å². The van der Waals surface area contributed by atoms with Crippen molar-refractivity contribution in [2.24, 2.45) is 7.05 Å². The fourth-order valence-electron chi connectivity index (χ4n) is 3.11. The third-order valence-electron chi connectivity index (χ3n) is 4.54. The van der Waals surface area contributed by atoms with Gasteiger partial charge in [0.05, 0.1) is 31.9 Å². The van der Waals surface area contributed by atoms with Gasteiger partial charge >= 0.3 is 0 Å². The van der Waals surface area contributed by atoms with Crippen LogP contribution in [-0.2, 0) is 28.3 Å². The highest BCUT2D eigenvalue weighted by Crippen LogP contribution is 2.29. The van der Waals surface area contributed by atoms with Crippen LogP contribution in [0, 0.1) is 13.8 Å².